The molecular formula is C16H16BrNO3. The number of nitrogens with one attached hydrogen (secondary N) is 1. The molecule has 1 N–H and O–H groups in total. The number of hydrogen-bond donors (Lipinski definition) is 1. The van der Waals surface area contributed by atoms with Gasteiger partial charge >= 0.3 is 0 Å². The first-order valence-corrected chi connectivity index (χ1v) is 7.29. The molecule has 4 nitrogen and oxygen atoms in total. The minimum atomic E-state index is -0.190. The molecular weight excluding hydrogens is 334 g/mol. The van der Waals surface area contributed by atoms with Gasteiger partial charge in [-0.15, -0.1) is 0 Å². The minimum Gasteiger partial charge on any atom is -0.496 e. The van der Waals surface area contributed by atoms with Gasteiger partial charge in [0, 0.05) is 4.47 Å². The highest BCUT2D eigenvalue weighted by atomic mass is 79.9. The van der Waals surface area contributed by atoms with Crippen LogP contribution in [-0.2, 0) is 0 Å². The van der Waals surface area contributed by atoms with E-state index in [1.807, 2.05) is 36.4 Å². The molecule has 5 heteroatoms. The second kappa shape index (κ2) is 7.69. The van der Waals surface area contributed by atoms with Gasteiger partial charge in [-0.1, -0.05) is 34.1 Å². The van der Waals surface area contributed by atoms with E-state index >= 15 is 0 Å². The van der Waals surface area contributed by atoms with Crippen molar-refractivity contribution in [2.75, 3.05) is 20.3 Å². The summed E-state index contributed by atoms with van der Waals surface area (Å²) in [6, 6.07) is 14.8. The number of ether oxygens (including phenoxy) is 2. The normalized spacial score (nSPS) is 10.0. The van der Waals surface area contributed by atoms with Crippen LogP contribution in [0.3, 0.4) is 0 Å². The van der Waals surface area contributed by atoms with E-state index in [0.29, 0.717) is 24.5 Å². The minimum absolute atomic E-state index is 0.190. The van der Waals surface area contributed by atoms with E-state index in [9.17, 15) is 4.79 Å². The lowest BCUT2D eigenvalue weighted by Gasteiger charge is -2.10. The average molecular weight is 350 g/mol. The van der Waals surface area contributed by atoms with Crippen molar-refractivity contribution < 1.29 is 14.3 Å². The summed E-state index contributed by atoms with van der Waals surface area (Å²) in [6.45, 7) is 0.829. The lowest BCUT2D eigenvalue weighted by atomic mass is 10.2. The third-order valence-corrected chi connectivity index (χ3v) is 3.30. The SMILES string of the molecule is COc1ccc(Br)cc1C(=O)NCCOc1ccccc1. The van der Waals surface area contributed by atoms with Gasteiger partial charge in [-0.25, -0.2) is 0 Å². The fraction of sp³-hybridized carbons (Fsp3) is 0.188. The Morgan fingerprint density at radius 3 is 2.67 bits per heavy atom. The Bertz CT molecular complexity index is 602. The smallest absolute Gasteiger partial charge is 0.255 e. The third-order valence-electron chi connectivity index (χ3n) is 2.81. The molecule has 0 aliphatic heterocycles. The van der Waals surface area contributed by atoms with E-state index in [1.54, 1.807) is 19.2 Å². The molecule has 0 aromatic heterocycles. The van der Waals surface area contributed by atoms with Crippen LogP contribution in [0.1, 0.15) is 10.4 Å². The third kappa shape index (κ3) is 4.49. The first-order chi connectivity index (χ1) is 10.2. The molecule has 0 aliphatic rings. The Morgan fingerprint density at radius 2 is 1.95 bits per heavy atom. The number of methoxy groups -OCH3 is 1. The largest absolute Gasteiger partial charge is 0.496 e. The molecule has 0 fully saturated rings. The molecule has 0 saturated heterocycles. The highest BCUT2D eigenvalue weighted by Gasteiger charge is 2.12. The van der Waals surface area contributed by atoms with Crippen LogP contribution >= 0.6 is 15.9 Å². The molecule has 0 heterocycles. The molecule has 1 amide bonds. The molecule has 0 radical (unpaired) electrons. The molecule has 0 saturated carbocycles. The lowest BCUT2D eigenvalue weighted by molar-refractivity contribution is 0.0944. The Labute approximate surface area is 132 Å². The van der Waals surface area contributed by atoms with Crippen LogP contribution in [0.2, 0.25) is 0 Å². The molecule has 0 atom stereocenters. The standard InChI is InChI=1S/C16H16BrNO3/c1-20-15-8-7-12(17)11-14(15)16(19)18-9-10-21-13-5-3-2-4-6-13/h2-8,11H,9-10H2,1H3,(H,18,19). The van der Waals surface area contributed by atoms with Crippen LogP contribution in [0.4, 0.5) is 0 Å². The number of para-hydroxylation sites is 1. The first-order valence-electron chi connectivity index (χ1n) is 6.50. The highest BCUT2D eigenvalue weighted by molar-refractivity contribution is 9.10. The van der Waals surface area contributed by atoms with Crippen molar-refractivity contribution in [1.29, 1.82) is 0 Å². The summed E-state index contributed by atoms with van der Waals surface area (Å²) in [7, 11) is 1.54. The number of halogens is 1. The van der Waals surface area contributed by atoms with Gasteiger partial charge in [0.15, 0.2) is 0 Å². The lowest BCUT2D eigenvalue weighted by Crippen LogP contribution is -2.28. The molecule has 0 bridgehead atoms. The van der Waals surface area contributed by atoms with Gasteiger partial charge in [-0.2, -0.15) is 0 Å². The molecule has 0 aliphatic carbocycles. The van der Waals surface area contributed by atoms with Crippen LogP contribution in [-0.4, -0.2) is 26.2 Å². The number of benzene rings is 2. The zero-order chi connectivity index (χ0) is 15.1. The molecule has 0 spiro atoms. The van der Waals surface area contributed by atoms with E-state index in [4.69, 9.17) is 9.47 Å². The van der Waals surface area contributed by atoms with Crippen LogP contribution in [0.5, 0.6) is 11.5 Å². The van der Waals surface area contributed by atoms with Gasteiger partial charge in [0.25, 0.3) is 5.91 Å². The maximum atomic E-state index is 12.1. The Balaban J connectivity index is 1.86. The first kappa shape index (κ1) is 15.4. The number of rotatable bonds is 6. The molecule has 2 rings (SSSR count). The van der Waals surface area contributed by atoms with Gasteiger partial charge in [0.05, 0.1) is 19.2 Å². The Hall–Kier alpha value is -2.01. The van der Waals surface area contributed by atoms with Gasteiger partial charge in [0.2, 0.25) is 0 Å². The second-order valence-corrected chi connectivity index (χ2v) is 5.18. The number of hydrogen-bond acceptors (Lipinski definition) is 3. The van der Waals surface area contributed by atoms with E-state index < -0.39 is 0 Å². The van der Waals surface area contributed by atoms with Crippen molar-refractivity contribution in [2.24, 2.45) is 0 Å². The maximum Gasteiger partial charge on any atom is 0.255 e. The molecule has 2 aromatic rings. The maximum absolute atomic E-state index is 12.1. The van der Waals surface area contributed by atoms with Crippen molar-refractivity contribution in [3.63, 3.8) is 0 Å². The number of carbonyl (C=O) groups is 1. The summed E-state index contributed by atoms with van der Waals surface area (Å²) in [4.78, 5) is 12.1. The van der Waals surface area contributed by atoms with Crippen LogP contribution in [0, 0.1) is 0 Å². The summed E-state index contributed by atoms with van der Waals surface area (Å²) in [5.41, 5.74) is 0.492. The van der Waals surface area contributed by atoms with E-state index in [1.165, 1.54) is 0 Å². The zero-order valence-electron chi connectivity index (χ0n) is 11.6. The summed E-state index contributed by atoms with van der Waals surface area (Å²) in [5.74, 6) is 1.14. The topological polar surface area (TPSA) is 47.6 Å². The van der Waals surface area contributed by atoms with E-state index in [2.05, 4.69) is 21.2 Å². The van der Waals surface area contributed by atoms with Crippen LogP contribution in [0.15, 0.2) is 53.0 Å². The van der Waals surface area contributed by atoms with E-state index in [0.717, 1.165) is 10.2 Å². The molecule has 110 valence electrons. The van der Waals surface area contributed by atoms with Gasteiger partial charge in [-0.3, -0.25) is 4.79 Å². The van der Waals surface area contributed by atoms with Gasteiger partial charge in [-0.05, 0) is 30.3 Å². The van der Waals surface area contributed by atoms with Gasteiger partial charge < -0.3 is 14.8 Å². The quantitative estimate of drug-likeness (QED) is 0.814. The molecule has 21 heavy (non-hydrogen) atoms. The summed E-state index contributed by atoms with van der Waals surface area (Å²) < 4.78 is 11.5. The van der Waals surface area contributed by atoms with Crippen molar-refractivity contribution in [3.05, 3.63) is 58.6 Å². The summed E-state index contributed by atoms with van der Waals surface area (Å²) in [5, 5.41) is 2.81. The van der Waals surface area contributed by atoms with Crippen molar-refractivity contribution in [3.8, 4) is 11.5 Å². The van der Waals surface area contributed by atoms with Crippen LogP contribution < -0.4 is 14.8 Å². The number of carbonyl (C=O) groups excluding carboxylic acids is 1. The summed E-state index contributed by atoms with van der Waals surface area (Å²) in [6.07, 6.45) is 0. The van der Waals surface area contributed by atoms with Crippen molar-refractivity contribution in [1.82, 2.24) is 5.32 Å². The average Bonchev–Trinajstić information content (AvgIpc) is 2.52. The predicted molar refractivity (Wildman–Crippen MR) is 85.0 cm³/mol. The van der Waals surface area contributed by atoms with Gasteiger partial charge in [0.1, 0.15) is 18.1 Å². The van der Waals surface area contributed by atoms with Crippen molar-refractivity contribution >= 4 is 21.8 Å². The fourth-order valence-electron chi connectivity index (χ4n) is 1.80. The fourth-order valence-corrected chi connectivity index (χ4v) is 2.16. The Morgan fingerprint density at radius 1 is 1.19 bits per heavy atom. The number of amides is 1. The molecule has 2 aromatic carbocycles. The van der Waals surface area contributed by atoms with Crippen molar-refractivity contribution in [2.45, 2.75) is 0 Å². The second-order valence-electron chi connectivity index (χ2n) is 4.26. The summed E-state index contributed by atoms with van der Waals surface area (Å²) >= 11 is 3.35. The van der Waals surface area contributed by atoms with Crippen LogP contribution in [0.25, 0.3) is 0 Å². The zero-order valence-corrected chi connectivity index (χ0v) is 13.2. The molecule has 0 unspecified atom stereocenters. The predicted octanol–water partition coefficient (Wildman–Crippen LogP) is 3.27. The Kier molecular flexibility index (Phi) is 5.63. The monoisotopic (exact) mass is 349 g/mol. The highest BCUT2D eigenvalue weighted by Crippen LogP contribution is 2.22. The van der Waals surface area contributed by atoms with E-state index in [-0.39, 0.29) is 5.91 Å².